The molecular formula is C23H28N4O4. The Kier molecular flexibility index (Phi) is 6.36. The molecule has 2 fully saturated rings. The number of urea groups is 1. The van der Waals surface area contributed by atoms with Gasteiger partial charge in [-0.1, -0.05) is 6.07 Å². The number of carbonyl (C=O) groups excluding carboxylic acids is 2. The summed E-state index contributed by atoms with van der Waals surface area (Å²) < 4.78 is 11.4. The fourth-order valence-corrected chi connectivity index (χ4v) is 4.00. The summed E-state index contributed by atoms with van der Waals surface area (Å²) in [5.74, 6) is 0.217. The van der Waals surface area contributed by atoms with Crippen LogP contribution in [0.25, 0.3) is 0 Å². The van der Waals surface area contributed by atoms with E-state index < -0.39 is 0 Å². The van der Waals surface area contributed by atoms with Crippen molar-refractivity contribution < 1.29 is 19.1 Å². The number of nitrogens with zero attached hydrogens (tertiary/aromatic N) is 3. The van der Waals surface area contributed by atoms with Crippen molar-refractivity contribution in [2.75, 3.05) is 44.7 Å². The second kappa shape index (κ2) is 9.34. The van der Waals surface area contributed by atoms with Crippen molar-refractivity contribution in [2.24, 2.45) is 0 Å². The summed E-state index contributed by atoms with van der Waals surface area (Å²) in [6, 6.07) is 9.29. The van der Waals surface area contributed by atoms with Crippen molar-refractivity contribution in [3.8, 4) is 5.88 Å². The number of morpholine rings is 1. The minimum Gasteiger partial charge on any atom is -0.472 e. The molecule has 1 atom stereocenters. The Bertz CT molecular complexity index is 938. The predicted octanol–water partition coefficient (Wildman–Crippen LogP) is 2.86. The number of likely N-dealkylation sites (tertiary alicyclic amines) is 1. The molecule has 1 aromatic carbocycles. The summed E-state index contributed by atoms with van der Waals surface area (Å²) in [7, 11) is 0. The van der Waals surface area contributed by atoms with Crippen molar-refractivity contribution in [1.82, 2.24) is 14.8 Å². The number of pyridine rings is 1. The molecule has 0 saturated carbocycles. The summed E-state index contributed by atoms with van der Waals surface area (Å²) in [5.41, 5.74) is 3.44. The van der Waals surface area contributed by atoms with Crippen LogP contribution in [-0.4, -0.2) is 72.2 Å². The van der Waals surface area contributed by atoms with E-state index in [0.717, 1.165) is 16.8 Å². The number of hydrogen-bond acceptors (Lipinski definition) is 5. The number of aromatic nitrogens is 1. The van der Waals surface area contributed by atoms with Gasteiger partial charge in [-0.15, -0.1) is 0 Å². The largest absolute Gasteiger partial charge is 0.472 e. The number of ether oxygens (including phenoxy) is 2. The molecule has 3 amide bonds. The van der Waals surface area contributed by atoms with Crippen molar-refractivity contribution in [3.63, 3.8) is 0 Å². The summed E-state index contributed by atoms with van der Waals surface area (Å²) >= 11 is 0. The number of aryl methyl sites for hydroxylation is 2. The summed E-state index contributed by atoms with van der Waals surface area (Å²) in [6.45, 7) is 7.23. The number of anilines is 1. The molecule has 4 rings (SSSR count). The van der Waals surface area contributed by atoms with Crippen LogP contribution in [0.15, 0.2) is 36.5 Å². The fourth-order valence-electron chi connectivity index (χ4n) is 4.00. The Labute approximate surface area is 182 Å². The van der Waals surface area contributed by atoms with Crippen LogP contribution in [0, 0.1) is 13.8 Å². The fraction of sp³-hybridized carbons (Fsp3) is 0.435. The molecule has 2 saturated heterocycles. The Morgan fingerprint density at radius 2 is 1.84 bits per heavy atom. The van der Waals surface area contributed by atoms with Gasteiger partial charge in [0, 0.05) is 37.9 Å². The third-order valence-electron chi connectivity index (χ3n) is 5.48. The molecule has 31 heavy (non-hydrogen) atoms. The van der Waals surface area contributed by atoms with Crippen molar-refractivity contribution in [1.29, 1.82) is 0 Å². The molecule has 8 nitrogen and oxygen atoms in total. The highest BCUT2D eigenvalue weighted by atomic mass is 16.5. The summed E-state index contributed by atoms with van der Waals surface area (Å²) in [4.78, 5) is 33.4. The topological polar surface area (TPSA) is 84.0 Å². The lowest BCUT2D eigenvalue weighted by Gasteiger charge is -2.27. The van der Waals surface area contributed by atoms with Gasteiger partial charge >= 0.3 is 6.03 Å². The standard InChI is InChI=1S/C23H28N4O4/c1-16-12-17(2)14-18(13-16)25-23(29)27-7-5-19(15-27)31-21-20(4-3-6-24-21)22(28)26-8-10-30-11-9-26/h3-4,6,12-14,19H,5,7-11,15H2,1-2H3,(H,25,29). The maximum atomic E-state index is 12.9. The van der Waals surface area contributed by atoms with Crippen molar-refractivity contribution in [3.05, 3.63) is 53.2 Å². The molecule has 1 aromatic heterocycles. The minimum atomic E-state index is -0.212. The number of carbonyl (C=O) groups is 2. The van der Waals surface area contributed by atoms with Crippen LogP contribution in [0.3, 0.4) is 0 Å². The first kappa shape index (κ1) is 21.1. The first-order valence-corrected chi connectivity index (χ1v) is 10.6. The number of amides is 3. The number of benzene rings is 1. The molecule has 1 N–H and O–H groups in total. The molecule has 2 aliphatic rings. The van der Waals surface area contributed by atoms with Crippen molar-refractivity contribution in [2.45, 2.75) is 26.4 Å². The predicted molar refractivity (Wildman–Crippen MR) is 117 cm³/mol. The first-order chi connectivity index (χ1) is 15.0. The molecular weight excluding hydrogens is 396 g/mol. The molecule has 3 heterocycles. The number of nitrogens with one attached hydrogen (secondary N) is 1. The molecule has 1 unspecified atom stereocenters. The van der Waals surface area contributed by atoms with Gasteiger partial charge in [0.15, 0.2) is 0 Å². The Balaban J connectivity index is 1.38. The highest BCUT2D eigenvalue weighted by Gasteiger charge is 2.30. The molecule has 164 valence electrons. The van der Waals surface area contributed by atoms with Crippen LogP contribution in [-0.2, 0) is 4.74 Å². The smallest absolute Gasteiger partial charge is 0.321 e. The second-order valence-corrected chi connectivity index (χ2v) is 8.04. The van der Waals surface area contributed by atoms with Gasteiger partial charge in [-0.25, -0.2) is 9.78 Å². The molecule has 0 aliphatic carbocycles. The Hall–Kier alpha value is -3.13. The zero-order valence-electron chi connectivity index (χ0n) is 18.0. The van der Waals surface area contributed by atoms with Gasteiger partial charge in [0.25, 0.3) is 5.91 Å². The zero-order valence-corrected chi connectivity index (χ0v) is 18.0. The van der Waals surface area contributed by atoms with E-state index in [1.807, 2.05) is 26.0 Å². The normalized spacial score (nSPS) is 18.7. The molecule has 2 aliphatic heterocycles. The molecule has 0 spiro atoms. The molecule has 0 radical (unpaired) electrons. The third-order valence-corrected chi connectivity index (χ3v) is 5.48. The SMILES string of the molecule is Cc1cc(C)cc(NC(=O)N2CCC(Oc3ncccc3C(=O)N3CCOCC3)C2)c1. The Morgan fingerprint density at radius 1 is 1.10 bits per heavy atom. The van der Waals surface area contributed by atoms with Crippen LogP contribution in [0.1, 0.15) is 27.9 Å². The highest BCUT2D eigenvalue weighted by molar-refractivity contribution is 5.96. The Morgan fingerprint density at radius 3 is 2.58 bits per heavy atom. The quantitative estimate of drug-likeness (QED) is 0.816. The van der Waals surface area contributed by atoms with E-state index >= 15 is 0 Å². The van der Waals surface area contributed by atoms with E-state index in [1.165, 1.54) is 0 Å². The van der Waals surface area contributed by atoms with Crippen LogP contribution in [0.2, 0.25) is 0 Å². The first-order valence-electron chi connectivity index (χ1n) is 10.6. The van der Waals surface area contributed by atoms with Crippen LogP contribution < -0.4 is 10.1 Å². The van der Waals surface area contributed by atoms with Crippen LogP contribution in [0.4, 0.5) is 10.5 Å². The molecule has 2 aromatic rings. The van der Waals surface area contributed by atoms with Gasteiger partial charge in [-0.05, 0) is 49.2 Å². The monoisotopic (exact) mass is 424 g/mol. The van der Waals surface area contributed by atoms with Gasteiger partial charge in [0.05, 0.1) is 19.8 Å². The molecule has 0 bridgehead atoms. The minimum absolute atomic E-state index is 0.103. The van der Waals surface area contributed by atoms with E-state index in [2.05, 4.69) is 16.4 Å². The van der Waals surface area contributed by atoms with Gasteiger partial charge in [-0.2, -0.15) is 0 Å². The van der Waals surface area contributed by atoms with Gasteiger partial charge in [0.1, 0.15) is 11.7 Å². The van der Waals surface area contributed by atoms with E-state index in [9.17, 15) is 9.59 Å². The average Bonchev–Trinajstić information content (AvgIpc) is 3.22. The van der Waals surface area contributed by atoms with Gasteiger partial charge < -0.3 is 24.6 Å². The van der Waals surface area contributed by atoms with E-state index in [-0.39, 0.29) is 18.0 Å². The van der Waals surface area contributed by atoms with Crippen LogP contribution >= 0.6 is 0 Å². The van der Waals surface area contributed by atoms with Gasteiger partial charge in [0.2, 0.25) is 5.88 Å². The van der Waals surface area contributed by atoms with E-state index in [1.54, 1.807) is 28.1 Å². The third kappa shape index (κ3) is 5.14. The maximum Gasteiger partial charge on any atom is 0.321 e. The maximum absolute atomic E-state index is 12.9. The molecule has 8 heteroatoms. The van der Waals surface area contributed by atoms with E-state index in [0.29, 0.717) is 57.3 Å². The highest BCUT2D eigenvalue weighted by Crippen LogP contribution is 2.23. The number of rotatable bonds is 4. The average molecular weight is 425 g/mol. The lowest BCUT2D eigenvalue weighted by atomic mass is 10.1. The van der Waals surface area contributed by atoms with E-state index in [4.69, 9.17) is 9.47 Å². The van der Waals surface area contributed by atoms with Gasteiger partial charge in [-0.3, -0.25) is 4.79 Å². The lowest BCUT2D eigenvalue weighted by Crippen LogP contribution is -2.41. The zero-order chi connectivity index (χ0) is 21.8. The van der Waals surface area contributed by atoms with Crippen LogP contribution in [0.5, 0.6) is 5.88 Å². The van der Waals surface area contributed by atoms with Crippen molar-refractivity contribution >= 4 is 17.6 Å². The second-order valence-electron chi connectivity index (χ2n) is 8.04. The summed E-state index contributed by atoms with van der Waals surface area (Å²) in [5, 5.41) is 2.97. The lowest BCUT2D eigenvalue weighted by molar-refractivity contribution is 0.0298. The summed E-state index contributed by atoms with van der Waals surface area (Å²) in [6.07, 6.45) is 2.09. The number of hydrogen-bond donors (Lipinski definition) is 1.